The molecular formula is C30H35ClO11. The molecule has 1 heterocycles. The largest absolute Gasteiger partial charge is 0.494 e. The van der Waals surface area contributed by atoms with Gasteiger partial charge in [0.05, 0.1) is 6.61 Å². The zero-order valence-corrected chi connectivity index (χ0v) is 25.1. The number of rotatable bonds is 11. The summed E-state index contributed by atoms with van der Waals surface area (Å²) in [7, 11) is 1.31. The lowest BCUT2D eigenvalue weighted by Crippen LogP contribution is -2.67. The Morgan fingerprint density at radius 2 is 1.50 bits per heavy atom. The van der Waals surface area contributed by atoms with Crippen molar-refractivity contribution in [3.05, 3.63) is 64.2 Å². The van der Waals surface area contributed by atoms with Crippen LogP contribution in [0.25, 0.3) is 0 Å². The fourth-order valence-electron chi connectivity index (χ4n) is 4.86. The summed E-state index contributed by atoms with van der Waals surface area (Å²) in [5.41, 5.74) is 1.87. The Hall–Kier alpha value is -3.67. The normalized spacial score (nSPS) is 23.4. The molecule has 0 amide bonds. The summed E-state index contributed by atoms with van der Waals surface area (Å²) in [6, 6.07) is 12.5. The van der Waals surface area contributed by atoms with E-state index in [2.05, 4.69) is 0 Å². The fraction of sp³-hybridized carbons (Fsp3) is 0.467. The van der Waals surface area contributed by atoms with Crippen LogP contribution < -0.4 is 4.74 Å². The summed E-state index contributed by atoms with van der Waals surface area (Å²) < 4.78 is 40.1. The number of hydrogen-bond donors (Lipinski definition) is 0. The Morgan fingerprint density at radius 1 is 0.857 bits per heavy atom. The van der Waals surface area contributed by atoms with E-state index in [9.17, 15) is 19.2 Å². The number of ether oxygens (including phenoxy) is 7. The first-order chi connectivity index (χ1) is 19.9. The number of methoxy groups -OCH3 is 1. The minimum atomic E-state index is -1.92. The molecule has 42 heavy (non-hydrogen) atoms. The third-order valence-electron chi connectivity index (χ3n) is 6.44. The fourth-order valence-corrected chi connectivity index (χ4v) is 5.04. The van der Waals surface area contributed by atoms with Gasteiger partial charge >= 0.3 is 23.9 Å². The quantitative estimate of drug-likeness (QED) is 0.272. The third-order valence-corrected chi connectivity index (χ3v) is 6.81. The first-order valence-corrected chi connectivity index (χ1v) is 13.7. The minimum absolute atomic E-state index is 0.343. The molecule has 11 nitrogen and oxygen atoms in total. The topological polar surface area (TPSA) is 133 Å². The van der Waals surface area contributed by atoms with E-state index in [1.807, 2.05) is 31.2 Å². The van der Waals surface area contributed by atoms with Gasteiger partial charge in [0.25, 0.3) is 0 Å². The molecule has 0 bridgehead atoms. The second-order valence-corrected chi connectivity index (χ2v) is 9.94. The number of benzene rings is 2. The van der Waals surface area contributed by atoms with Crippen molar-refractivity contribution in [2.75, 3.05) is 20.3 Å². The van der Waals surface area contributed by atoms with Gasteiger partial charge in [0.2, 0.25) is 11.9 Å². The number of carbonyl (C=O) groups excluding carboxylic acids is 4. The number of esters is 4. The molecule has 1 aliphatic rings. The van der Waals surface area contributed by atoms with Crippen molar-refractivity contribution < 1.29 is 52.3 Å². The van der Waals surface area contributed by atoms with E-state index >= 15 is 0 Å². The predicted molar refractivity (Wildman–Crippen MR) is 149 cm³/mol. The number of carbonyl (C=O) groups is 4. The summed E-state index contributed by atoms with van der Waals surface area (Å²) in [5, 5.41) is 0.432. The van der Waals surface area contributed by atoms with Crippen molar-refractivity contribution in [3.63, 3.8) is 0 Å². The van der Waals surface area contributed by atoms with Gasteiger partial charge in [0, 0.05) is 51.8 Å². The molecule has 0 saturated carbocycles. The van der Waals surface area contributed by atoms with Crippen LogP contribution in [0.3, 0.4) is 0 Å². The number of halogens is 1. The van der Waals surface area contributed by atoms with Gasteiger partial charge in [0.1, 0.15) is 18.5 Å². The molecule has 3 rings (SSSR count). The van der Waals surface area contributed by atoms with Gasteiger partial charge < -0.3 is 33.2 Å². The molecule has 0 radical (unpaired) electrons. The zero-order valence-electron chi connectivity index (χ0n) is 24.3. The van der Waals surface area contributed by atoms with Gasteiger partial charge in [-0.05, 0) is 36.2 Å². The summed E-state index contributed by atoms with van der Waals surface area (Å²) in [6.07, 6.45) is -5.05. The Bertz CT molecular complexity index is 1300. The number of hydrogen-bond acceptors (Lipinski definition) is 11. The Labute approximate surface area is 249 Å². The molecule has 0 unspecified atom stereocenters. The monoisotopic (exact) mass is 606 g/mol. The lowest BCUT2D eigenvalue weighted by atomic mass is 9.86. The van der Waals surface area contributed by atoms with Crippen LogP contribution in [0.2, 0.25) is 5.02 Å². The predicted octanol–water partition coefficient (Wildman–Crippen LogP) is 3.89. The van der Waals surface area contributed by atoms with E-state index < -0.39 is 60.7 Å². The van der Waals surface area contributed by atoms with Crippen LogP contribution >= 0.6 is 11.6 Å². The molecule has 1 aliphatic heterocycles. The van der Waals surface area contributed by atoms with Crippen molar-refractivity contribution in [1.29, 1.82) is 0 Å². The highest BCUT2D eigenvalue weighted by Gasteiger charge is 2.61. The van der Waals surface area contributed by atoms with Crippen LogP contribution in [-0.4, -0.2) is 68.6 Å². The van der Waals surface area contributed by atoms with Gasteiger partial charge in [-0.2, -0.15) is 0 Å². The van der Waals surface area contributed by atoms with Gasteiger partial charge in [-0.3, -0.25) is 19.2 Å². The maximum Gasteiger partial charge on any atom is 0.303 e. The average Bonchev–Trinajstić information content (AvgIpc) is 2.92. The third kappa shape index (κ3) is 7.78. The molecule has 0 aliphatic carbocycles. The van der Waals surface area contributed by atoms with E-state index in [0.29, 0.717) is 34.9 Å². The molecule has 5 atom stereocenters. The average molecular weight is 607 g/mol. The Balaban J connectivity index is 2.20. The highest BCUT2D eigenvalue weighted by Crippen LogP contribution is 2.44. The van der Waals surface area contributed by atoms with Crippen molar-refractivity contribution in [2.24, 2.45) is 0 Å². The molecule has 2 aromatic rings. The lowest BCUT2D eigenvalue weighted by molar-refractivity contribution is -0.367. The minimum Gasteiger partial charge on any atom is -0.494 e. The van der Waals surface area contributed by atoms with Gasteiger partial charge in [-0.25, -0.2) is 0 Å². The molecule has 0 aromatic heterocycles. The summed E-state index contributed by atoms with van der Waals surface area (Å²) in [6.45, 7) is 6.62. The Kier molecular flexibility index (Phi) is 11.3. The summed E-state index contributed by atoms with van der Waals surface area (Å²) >= 11 is 6.62. The van der Waals surface area contributed by atoms with Crippen molar-refractivity contribution in [2.45, 2.75) is 71.2 Å². The van der Waals surface area contributed by atoms with Gasteiger partial charge in [-0.1, -0.05) is 35.9 Å². The van der Waals surface area contributed by atoms with Crippen molar-refractivity contribution >= 4 is 35.5 Å². The molecular weight excluding hydrogens is 572 g/mol. The van der Waals surface area contributed by atoms with E-state index in [1.54, 1.807) is 18.2 Å². The van der Waals surface area contributed by atoms with Crippen LogP contribution in [0.15, 0.2) is 42.5 Å². The van der Waals surface area contributed by atoms with Gasteiger partial charge in [0.15, 0.2) is 12.2 Å². The first kappa shape index (κ1) is 32.8. The second-order valence-electron chi connectivity index (χ2n) is 9.53. The number of para-hydroxylation sites is 1. The highest BCUT2D eigenvalue weighted by molar-refractivity contribution is 6.31. The van der Waals surface area contributed by atoms with E-state index in [4.69, 9.17) is 44.8 Å². The first-order valence-electron chi connectivity index (χ1n) is 13.3. The standard InChI is InChI=1S/C30H35ClO11/c1-7-37-25-11-9-8-10-21(25)14-22-15-23(12-13-24(22)31)30(36-6)29(41-20(5)35)28(40-19(4)34)27(39-18(3)33)26(42-30)16-38-17(2)32/h8-13,15,26-29H,7,14,16H2,1-6H3/t26-,27-,28+,29-,30+/m1/s1. The molecule has 12 heteroatoms. The zero-order chi connectivity index (χ0) is 31.0. The van der Waals surface area contributed by atoms with Crippen LogP contribution in [0.4, 0.5) is 0 Å². The smallest absolute Gasteiger partial charge is 0.303 e. The van der Waals surface area contributed by atoms with E-state index in [-0.39, 0.29) is 0 Å². The molecule has 1 saturated heterocycles. The lowest BCUT2D eigenvalue weighted by Gasteiger charge is -2.50. The van der Waals surface area contributed by atoms with Crippen LogP contribution in [-0.2, 0) is 59.8 Å². The van der Waals surface area contributed by atoms with E-state index in [1.165, 1.54) is 14.0 Å². The molecule has 2 aromatic carbocycles. The van der Waals surface area contributed by atoms with Crippen LogP contribution in [0, 0.1) is 0 Å². The maximum absolute atomic E-state index is 12.4. The van der Waals surface area contributed by atoms with Crippen LogP contribution in [0.5, 0.6) is 5.75 Å². The highest BCUT2D eigenvalue weighted by atomic mass is 35.5. The Morgan fingerprint density at radius 3 is 2.10 bits per heavy atom. The van der Waals surface area contributed by atoms with Crippen LogP contribution in [0.1, 0.15) is 51.3 Å². The van der Waals surface area contributed by atoms with Crippen molar-refractivity contribution in [3.8, 4) is 5.75 Å². The van der Waals surface area contributed by atoms with Gasteiger partial charge in [-0.15, -0.1) is 0 Å². The summed E-state index contributed by atoms with van der Waals surface area (Å²) in [5.74, 6) is -4.10. The van der Waals surface area contributed by atoms with Crippen molar-refractivity contribution in [1.82, 2.24) is 0 Å². The second kappa shape index (κ2) is 14.5. The SMILES string of the molecule is CCOc1ccccc1Cc1cc([C@]2(OC)O[C@H](COC(C)=O)[C@@H](OC(C)=O)[C@H](OC(C)=O)[C@H]2OC(C)=O)ccc1Cl. The summed E-state index contributed by atoms with van der Waals surface area (Å²) in [4.78, 5) is 48.5. The maximum atomic E-state index is 12.4. The molecule has 228 valence electrons. The van der Waals surface area contributed by atoms with E-state index in [0.717, 1.165) is 26.3 Å². The molecule has 0 N–H and O–H groups in total. The molecule has 1 fully saturated rings. The molecule has 0 spiro atoms.